The van der Waals surface area contributed by atoms with Crippen molar-refractivity contribution in [2.45, 2.75) is 13.3 Å². The first-order valence-electron chi connectivity index (χ1n) is 5.57. The Labute approximate surface area is 133 Å². The molecule has 5 nitrogen and oxygen atoms in total. The zero-order valence-electron chi connectivity index (χ0n) is 10.8. The summed E-state index contributed by atoms with van der Waals surface area (Å²) in [5, 5.41) is 5.45. The van der Waals surface area contributed by atoms with Crippen LogP contribution in [-0.4, -0.2) is 22.4 Å². The van der Waals surface area contributed by atoms with E-state index >= 15 is 0 Å². The lowest BCUT2D eigenvalue weighted by Crippen LogP contribution is -2.13. The summed E-state index contributed by atoms with van der Waals surface area (Å²) in [6.45, 7) is 2.43. The highest BCUT2D eigenvalue weighted by Crippen LogP contribution is 2.15. The van der Waals surface area contributed by atoms with Gasteiger partial charge >= 0.3 is 0 Å². The van der Waals surface area contributed by atoms with E-state index in [1.165, 1.54) is 11.3 Å². The van der Waals surface area contributed by atoms with Gasteiger partial charge in [-0.1, -0.05) is 0 Å². The van der Waals surface area contributed by atoms with Crippen molar-refractivity contribution in [1.82, 2.24) is 9.97 Å². The molecule has 0 aliphatic carbocycles. The number of aromatic nitrogens is 2. The Morgan fingerprint density at radius 3 is 2.85 bits per heavy atom. The number of halogens is 2. The van der Waals surface area contributed by atoms with Crippen molar-refractivity contribution in [2.75, 3.05) is 11.9 Å². The Bertz CT molecular complexity index is 562. The maximum absolute atomic E-state index is 12.0. The lowest BCUT2D eigenvalue weighted by molar-refractivity contribution is 0.102. The number of pyridine rings is 1. The number of nitrogens with one attached hydrogen (secondary N) is 1. The summed E-state index contributed by atoms with van der Waals surface area (Å²) in [6, 6.07) is 1.76. The van der Waals surface area contributed by atoms with Crippen molar-refractivity contribution in [2.24, 2.45) is 5.73 Å². The monoisotopic (exact) mass is 334 g/mol. The van der Waals surface area contributed by atoms with Crippen LogP contribution in [0.4, 0.5) is 5.69 Å². The quantitative estimate of drug-likeness (QED) is 0.899. The third kappa shape index (κ3) is 4.72. The van der Waals surface area contributed by atoms with E-state index in [-0.39, 0.29) is 30.7 Å². The fourth-order valence-electron chi connectivity index (χ4n) is 1.45. The number of carbonyl (C=O) groups is 1. The Morgan fingerprint density at radius 2 is 2.20 bits per heavy atom. The van der Waals surface area contributed by atoms with Crippen molar-refractivity contribution in [1.29, 1.82) is 0 Å². The van der Waals surface area contributed by atoms with Gasteiger partial charge in [-0.25, -0.2) is 4.98 Å². The number of hydrogen-bond donors (Lipinski definition) is 2. The summed E-state index contributed by atoms with van der Waals surface area (Å²) in [6.07, 6.45) is 4.05. The van der Waals surface area contributed by atoms with Crippen LogP contribution in [0.5, 0.6) is 0 Å². The van der Waals surface area contributed by atoms with Gasteiger partial charge < -0.3 is 11.1 Å². The lowest BCUT2D eigenvalue weighted by atomic mass is 10.2. The molecule has 0 aromatic carbocycles. The minimum Gasteiger partial charge on any atom is -0.330 e. The highest BCUT2D eigenvalue weighted by atomic mass is 35.5. The SMILES string of the molecule is Cc1cnccc1NC(=O)c1csc(CCN)n1.Cl.Cl. The Kier molecular flexibility index (Phi) is 8.33. The number of rotatable bonds is 4. The maximum atomic E-state index is 12.0. The fourth-order valence-corrected chi connectivity index (χ4v) is 2.25. The summed E-state index contributed by atoms with van der Waals surface area (Å²) < 4.78 is 0. The summed E-state index contributed by atoms with van der Waals surface area (Å²) in [5.74, 6) is -0.205. The number of thiazole rings is 1. The molecule has 2 aromatic rings. The normalized spacial score (nSPS) is 9.30. The van der Waals surface area contributed by atoms with E-state index in [4.69, 9.17) is 5.73 Å². The smallest absolute Gasteiger partial charge is 0.275 e. The van der Waals surface area contributed by atoms with Crippen LogP contribution in [-0.2, 0) is 6.42 Å². The molecule has 0 aliphatic rings. The molecule has 2 rings (SSSR count). The van der Waals surface area contributed by atoms with Crippen LogP contribution in [0.3, 0.4) is 0 Å². The molecule has 0 unspecified atom stereocenters. The Balaban J connectivity index is 0.00000180. The van der Waals surface area contributed by atoms with E-state index in [0.29, 0.717) is 18.7 Å². The van der Waals surface area contributed by atoms with Crippen LogP contribution in [0.1, 0.15) is 21.1 Å². The first kappa shape index (κ1) is 18.8. The highest BCUT2D eigenvalue weighted by molar-refractivity contribution is 7.09. The molecule has 0 spiro atoms. The van der Waals surface area contributed by atoms with E-state index in [9.17, 15) is 4.79 Å². The minimum absolute atomic E-state index is 0. The van der Waals surface area contributed by atoms with Crippen molar-refractivity contribution >= 4 is 47.7 Å². The molecule has 0 saturated carbocycles. The highest BCUT2D eigenvalue weighted by Gasteiger charge is 2.11. The van der Waals surface area contributed by atoms with Gasteiger partial charge in [0.25, 0.3) is 5.91 Å². The molecule has 0 saturated heterocycles. The first-order chi connectivity index (χ1) is 8.70. The van der Waals surface area contributed by atoms with Gasteiger partial charge in [0.05, 0.1) is 5.01 Å². The first-order valence-corrected chi connectivity index (χ1v) is 6.45. The molecule has 0 bridgehead atoms. The van der Waals surface area contributed by atoms with Crippen molar-refractivity contribution < 1.29 is 4.79 Å². The van der Waals surface area contributed by atoms with Gasteiger partial charge in [-0.05, 0) is 25.1 Å². The molecule has 2 aromatic heterocycles. The fraction of sp³-hybridized carbons (Fsp3) is 0.250. The topological polar surface area (TPSA) is 80.9 Å². The van der Waals surface area contributed by atoms with Gasteiger partial charge in [0, 0.05) is 29.9 Å². The number of anilines is 1. The molecule has 0 atom stereocenters. The summed E-state index contributed by atoms with van der Waals surface area (Å²) in [5.41, 5.74) is 7.55. The number of nitrogens with two attached hydrogens (primary N) is 1. The van der Waals surface area contributed by atoms with Gasteiger partial charge in [0.1, 0.15) is 5.69 Å². The molecule has 20 heavy (non-hydrogen) atoms. The van der Waals surface area contributed by atoms with E-state index < -0.39 is 0 Å². The molecule has 0 aliphatic heterocycles. The van der Waals surface area contributed by atoms with Crippen LogP contribution in [0.15, 0.2) is 23.8 Å². The molecular weight excluding hydrogens is 319 g/mol. The Hall–Kier alpha value is -1.21. The third-order valence-corrected chi connectivity index (χ3v) is 3.32. The van der Waals surface area contributed by atoms with Crippen LogP contribution < -0.4 is 11.1 Å². The van der Waals surface area contributed by atoms with Gasteiger partial charge in [-0.15, -0.1) is 36.2 Å². The van der Waals surface area contributed by atoms with Gasteiger partial charge in [-0.3, -0.25) is 9.78 Å². The molecule has 0 radical (unpaired) electrons. The zero-order valence-corrected chi connectivity index (χ0v) is 13.3. The minimum atomic E-state index is -0.205. The van der Waals surface area contributed by atoms with E-state index in [0.717, 1.165) is 16.3 Å². The molecule has 110 valence electrons. The molecule has 0 fully saturated rings. The van der Waals surface area contributed by atoms with Gasteiger partial charge in [0.15, 0.2) is 0 Å². The second kappa shape index (κ2) is 8.86. The average molecular weight is 335 g/mol. The number of carbonyl (C=O) groups excluding carboxylic acids is 1. The van der Waals surface area contributed by atoms with Crippen LogP contribution >= 0.6 is 36.2 Å². The number of amides is 1. The summed E-state index contributed by atoms with van der Waals surface area (Å²) in [4.78, 5) is 20.2. The predicted octanol–water partition coefficient (Wildman–Crippen LogP) is 2.44. The summed E-state index contributed by atoms with van der Waals surface area (Å²) >= 11 is 1.45. The second-order valence-corrected chi connectivity index (χ2v) is 4.75. The van der Waals surface area contributed by atoms with Crippen LogP contribution in [0.2, 0.25) is 0 Å². The number of hydrogen-bond acceptors (Lipinski definition) is 5. The largest absolute Gasteiger partial charge is 0.330 e. The maximum Gasteiger partial charge on any atom is 0.275 e. The number of nitrogens with zero attached hydrogens (tertiary/aromatic N) is 2. The van der Waals surface area contributed by atoms with E-state index in [1.54, 1.807) is 23.8 Å². The second-order valence-electron chi connectivity index (χ2n) is 3.81. The zero-order chi connectivity index (χ0) is 13.0. The molecule has 8 heteroatoms. The summed E-state index contributed by atoms with van der Waals surface area (Å²) in [7, 11) is 0. The van der Waals surface area contributed by atoms with Crippen molar-refractivity contribution in [3.8, 4) is 0 Å². The lowest BCUT2D eigenvalue weighted by Gasteiger charge is -2.05. The van der Waals surface area contributed by atoms with Crippen molar-refractivity contribution in [3.05, 3.63) is 40.1 Å². The van der Waals surface area contributed by atoms with E-state index in [2.05, 4.69) is 15.3 Å². The molecule has 1 amide bonds. The van der Waals surface area contributed by atoms with Gasteiger partial charge in [-0.2, -0.15) is 0 Å². The Morgan fingerprint density at radius 1 is 1.45 bits per heavy atom. The van der Waals surface area contributed by atoms with Gasteiger partial charge in [0.2, 0.25) is 0 Å². The third-order valence-electron chi connectivity index (χ3n) is 2.41. The van der Waals surface area contributed by atoms with Crippen LogP contribution in [0.25, 0.3) is 0 Å². The molecule has 2 heterocycles. The predicted molar refractivity (Wildman–Crippen MR) is 86.3 cm³/mol. The van der Waals surface area contributed by atoms with Crippen molar-refractivity contribution in [3.63, 3.8) is 0 Å². The average Bonchev–Trinajstić information content (AvgIpc) is 2.81. The van der Waals surface area contributed by atoms with Crippen LogP contribution in [0, 0.1) is 6.92 Å². The van der Waals surface area contributed by atoms with E-state index in [1.807, 2.05) is 6.92 Å². The standard InChI is InChI=1S/C12H14N4OS.2ClH/c1-8-6-14-5-3-9(8)16-12(17)10-7-18-11(15-10)2-4-13;;/h3,5-7H,2,4,13H2,1H3,(H,14,16,17);2*1H. The number of aryl methyl sites for hydroxylation is 1. The molecular formula is C12H16Cl2N4OS. The molecule has 3 N–H and O–H groups in total.